The maximum absolute atomic E-state index is 12.2. The van der Waals surface area contributed by atoms with E-state index < -0.39 is 5.76 Å². The molecule has 0 radical (unpaired) electrons. The van der Waals surface area contributed by atoms with Crippen molar-refractivity contribution in [2.24, 2.45) is 7.05 Å². The summed E-state index contributed by atoms with van der Waals surface area (Å²) < 4.78 is 26.2. The Kier molecular flexibility index (Phi) is 4.42. The second kappa shape index (κ2) is 6.06. The Hall–Kier alpha value is -1.56. The van der Waals surface area contributed by atoms with Crippen molar-refractivity contribution in [1.82, 2.24) is 9.78 Å². The van der Waals surface area contributed by atoms with Crippen LogP contribution in [0.2, 0.25) is 0 Å². The zero-order valence-electron chi connectivity index (χ0n) is 10.7. The Bertz CT molecular complexity index is 525. The first-order chi connectivity index (χ1) is 9.06. The number of hydrogen-bond donors (Lipinski definition) is 1. The first-order valence-electron chi connectivity index (χ1n) is 5.85. The third-order valence-electron chi connectivity index (χ3n) is 2.77. The van der Waals surface area contributed by atoms with Gasteiger partial charge in [0, 0.05) is 23.8 Å². The van der Waals surface area contributed by atoms with Gasteiger partial charge in [0.25, 0.3) is 5.76 Å². The van der Waals surface area contributed by atoms with Crippen molar-refractivity contribution in [3.05, 3.63) is 42.2 Å². The molecule has 2 rings (SSSR count). The molecule has 1 aromatic carbocycles. The number of halogens is 2. The molecule has 0 amide bonds. The fourth-order valence-electron chi connectivity index (χ4n) is 1.87. The van der Waals surface area contributed by atoms with Crippen molar-refractivity contribution < 1.29 is 8.78 Å². The molecule has 0 aliphatic carbocycles. The van der Waals surface area contributed by atoms with Crippen LogP contribution in [0.5, 0.6) is 0 Å². The molecule has 1 N–H and O–H groups in total. The Morgan fingerprint density at radius 2 is 1.89 bits per heavy atom. The lowest BCUT2D eigenvalue weighted by Crippen LogP contribution is -2.11. The number of nitrogens with zero attached hydrogens (tertiary/aromatic N) is 2. The van der Waals surface area contributed by atoms with Gasteiger partial charge in [-0.25, -0.2) is 0 Å². The second-order valence-electron chi connectivity index (χ2n) is 4.15. The van der Waals surface area contributed by atoms with Crippen LogP contribution in [-0.4, -0.2) is 15.5 Å². The van der Waals surface area contributed by atoms with Crippen LogP contribution >= 0.6 is 11.8 Å². The van der Waals surface area contributed by atoms with Crippen LogP contribution in [0.15, 0.2) is 41.4 Å². The molecule has 1 aromatic heterocycles. The van der Waals surface area contributed by atoms with Crippen LogP contribution in [0.4, 0.5) is 14.5 Å². The average Bonchev–Trinajstić information content (AvgIpc) is 2.77. The normalized spacial score (nSPS) is 12.7. The number of aromatic nitrogens is 2. The van der Waals surface area contributed by atoms with Gasteiger partial charge in [0.15, 0.2) is 0 Å². The van der Waals surface area contributed by atoms with E-state index in [1.54, 1.807) is 35.1 Å². The van der Waals surface area contributed by atoms with E-state index in [0.717, 1.165) is 11.4 Å². The van der Waals surface area contributed by atoms with E-state index in [9.17, 15) is 8.78 Å². The molecule has 0 spiro atoms. The largest absolute Gasteiger partial charge is 0.377 e. The van der Waals surface area contributed by atoms with Crippen molar-refractivity contribution in [2.75, 3.05) is 5.32 Å². The van der Waals surface area contributed by atoms with Crippen LogP contribution in [0.1, 0.15) is 18.7 Å². The van der Waals surface area contributed by atoms with Crippen molar-refractivity contribution >= 4 is 17.4 Å². The van der Waals surface area contributed by atoms with Gasteiger partial charge in [-0.2, -0.15) is 13.9 Å². The van der Waals surface area contributed by atoms with Gasteiger partial charge >= 0.3 is 0 Å². The minimum absolute atomic E-state index is 0.0982. The van der Waals surface area contributed by atoms with E-state index in [4.69, 9.17) is 0 Å². The van der Waals surface area contributed by atoms with E-state index in [0.29, 0.717) is 16.7 Å². The maximum atomic E-state index is 12.2. The van der Waals surface area contributed by atoms with Gasteiger partial charge in [0.05, 0.1) is 11.7 Å². The summed E-state index contributed by atoms with van der Waals surface area (Å²) in [6.07, 6.45) is 1.75. The first kappa shape index (κ1) is 13.9. The molecule has 3 nitrogen and oxygen atoms in total. The topological polar surface area (TPSA) is 29.9 Å². The summed E-state index contributed by atoms with van der Waals surface area (Å²) in [5, 5.41) is 7.42. The number of thioether (sulfide) groups is 1. The summed E-state index contributed by atoms with van der Waals surface area (Å²) in [5.41, 5.74) is 1.96. The Morgan fingerprint density at radius 1 is 1.21 bits per heavy atom. The fraction of sp³-hybridized carbons (Fsp3) is 0.308. The molecule has 0 saturated carbocycles. The summed E-state index contributed by atoms with van der Waals surface area (Å²) >= 11 is 0.551. The third kappa shape index (κ3) is 3.70. The van der Waals surface area contributed by atoms with E-state index in [1.807, 2.05) is 20.0 Å². The molecule has 6 heteroatoms. The molecule has 0 aliphatic rings. The molecule has 0 bridgehead atoms. The summed E-state index contributed by atoms with van der Waals surface area (Å²) in [7, 11) is 1.88. The standard InChI is InChI=1S/C13H15F2N3S/c1-9(12-7-8-16-18(12)2)17-10-3-5-11(6-4-10)19-13(14)15/h3-9,13,17H,1-2H3. The highest BCUT2D eigenvalue weighted by molar-refractivity contribution is 7.99. The number of benzene rings is 1. The molecular weight excluding hydrogens is 268 g/mol. The fourth-order valence-corrected chi connectivity index (χ4v) is 2.36. The molecule has 1 unspecified atom stereocenters. The number of aryl methyl sites for hydroxylation is 1. The predicted octanol–water partition coefficient (Wildman–Crippen LogP) is 3.91. The van der Waals surface area contributed by atoms with Crippen LogP contribution < -0.4 is 5.32 Å². The molecule has 102 valence electrons. The predicted molar refractivity (Wildman–Crippen MR) is 73.5 cm³/mol. The Labute approximate surface area is 115 Å². The van der Waals surface area contributed by atoms with E-state index in [2.05, 4.69) is 10.4 Å². The lowest BCUT2D eigenvalue weighted by atomic mass is 10.2. The van der Waals surface area contributed by atoms with Gasteiger partial charge < -0.3 is 5.32 Å². The van der Waals surface area contributed by atoms with Crippen molar-refractivity contribution in [3.63, 3.8) is 0 Å². The number of anilines is 1. The van der Waals surface area contributed by atoms with E-state index >= 15 is 0 Å². The summed E-state index contributed by atoms with van der Waals surface area (Å²) in [4.78, 5) is 0.564. The molecular formula is C13H15F2N3S. The number of nitrogens with one attached hydrogen (secondary N) is 1. The molecule has 1 heterocycles. The molecule has 19 heavy (non-hydrogen) atoms. The summed E-state index contributed by atoms with van der Waals surface area (Å²) in [5.74, 6) is -2.38. The zero-order chi connectivity index (χ0) is 13.8. The number of rotatable bonds is 5. The highest BCUT2D eigenvalue weighted by Crippen LogP contribution is 2.27. The quantitative estimate of drug-likeness (QED) is 0.844. The SMILES string of the molecule is CC(Nc1ccc(SC(F)F)cc1)c1ccnn1C. The Balaban J connectivity index is 2.01. The van der Waals surface area contributed by atoms with Gasteiger partial charge in [0.1, 0.15) is 0 Å². The number of hydrogen-bond acceptors (Lipinski definition) is 3. The van der Waals surface area contributed by atoms with Gasteiger partial charge in [-0.1, -0.05) is 11.8 Å². The van der Waals surface area contributed by atoms with Gasteiger partial charge in [0.2, 0.25) is 0 Å². The van der Waals surface area contributed by atoms with Gasteiger partial charge in [-0.05, 0) is 37.3 Å². The monoisotopic (exact) mass is 283 g/mol. The van der Waals surface area contributed by atoms with Crippen LogP contribution in [0, 0.1) is 0 Å². The minimum atomic E-state index is -2.38. The van der Waals surface area contributed by atoms with E-state index in [1.165, 1.54) is 0 Å². The molecule has 1 atom stereocenters. The molecule has 0 fully saturated rings. The zero-order valence-corrected chi connectivity index (χ0v) is 11.5. The van der Waals surface area contributed by atoms with Gasteiger partial charge in [-0.3, -0.25) is 4.68 Å². The van der Waals surface area contributed by atoms with Crippen LogP contribution in [-0.2, 0) is 7.05 Å². The van der Waals surface area contributed by atoms with Gasteiger partial charge in [-0.15, -0.1) is 0 Å². The summed E-state index contributed by atoms with van der Waals surface area (Å²) in [6, 6.07) is 9.03. The van der Waals surface area contributed by atoms with E-state index in [-0.39, 0.29) is 6.04 Å². The lowest BCUT2D eigenvalue weighted by Gasteiger charge is -2.15. The van der Waals surface area contributed by atoms with Crippen molar-refractivity contribution in [2.45, 2.75) is 23.6 Å². The third-order valence-corrected chi connectivity index (χ3v) is 3.49. The smallest absolute Gasteiger partial charge is 0.288 e. The highest BCUT2D eigenvalue weighted by atomic mass is 32.2. The Morgan fingerprint density at radius 3 is 2.42 bits per heavy atom. The number of alkyl halides is 2. The maximum Gasteiger partial charge on any atom is 0.288 e. The highest BCUT2D eigenvalue weighted by Gasteiger charge is 2.09. The van der Waals surface area contributed by atoms with Crippen molar-refractivity contribution in [1.29, 1.82) is 0 Å². The molecule has 0 aliphatic heterocycles. The molecule has 0 saturated heterocycles. The first-order valence-corrected chi connectivity index (χ1v) is 6.73. The summed E-state index contributed by atoms with van der Waals surface area (Å²) in [6.45, 7) is 2.03. The molecule has 2 aromatic rings. The van der Waals surface area contributed by atoms with Crippen molar-refractivity contribution in [3.8, 4) is 0 Å². The van der Waals surface area contributed by atoms with Crippen LogP contribution in [0.25, 0.3) is 0 Å². The second-order valence-corrected chi connectivity index (χ2v) is 5.21. The average molecular weight is 283 g/mol. The van der Waals surface area contributed by atoms with Crippen LogP contribution in [0.3, 0.4) is 0 Å². The minimum Gasteiger partial charge on any atom is -0.377 e. The lowest BCUT2D eigenvalue weighted by molar-refractivity contribution is 0.252.